The number of ether oxygens (including phenoxy) is 1. The van der Waals surface area contributed by atoms with Gasteiger partial charge in [-0.05, 0) is 42.0 Å². The number of fused-ring (bicyclic) bond motifs is 2. The molecule has 36 heavy (non-hydrogen) atoms. The summed E-state index contributed by atoms with van der Waals surface area (Å²) in [4.78, 5) is 30.1. The van der Waals surface area contributed by atoms with E-state index in [2.05, 4.69) is 10.6 Å². The molecule has 3 amide bonds. The average molecular weight is 482 g/mol. The molecule has 0 radical (unpaired) electrons. The molecule has 3 N–H and O–H groups in total. The minimum atomic E-state index is -1.40. The van der Waals surface area contributed by atoms with Gasteiger partial charge in [-0.2, -0.15) is 0 Å². The predicted molar refractivity (Wildman–Crippen MR) is 135 cm³/mol. The second-order valence-corrected chi connectivity index (χ2v) is 8.96. The Labute approximate surface area is 205 Å². The lowest BCUT2D eigenvalue weighted by atomic mass is 9.88. The number of urea groups is 1. The lowest BCUT2D eigenvalue weighted by molar-refractivity contribution is -0.124. The number of aryl methyl sites for hydroxylation is 1. The van der Waals surface area contributed by atoms with Gasteiger partial charge < -0.3 is 24.3 Å². The molecule has 0 unspecified atom stereocenters. The highest BCUT2D eigenvalue weighted by Crippen LogP contribution is 2.35. The smallest absolute Gasteiger partial charge is 0.322 e. The van der Waals surface area contributed by atoms with Gasteiger partial charge in [-0.15, -0.1) is 0 Å². The summed E-state index contributed by atoms with van der Waals surface area (Å²) >= 11 is 0. The van der Waals surface area contributed by atoms with Gasteiger partial charge in [0, 0.05) is 41.2 Å². The van der Waals surface area contributed by atoms with Crippen molar-refractivity contribution in [1.82, 2.24) is 24.8 Å². The molecule has 9 nitrogen and oxygen atoms in total. The van der Waals surface area contributed by atoms with Crippen molar-refractivity contribution in [1.29, 1.82) is 0 Å². The van der Waals surface area contributed by atoms with E-state index in [1.54, 1.807) is 42.1 Å². The van der Waals surface area contributed by atoms with Crippen LogP contribution in [0.1, 0.15) is 5.56 Å². The predicted octanol–water partition coefficient (Wildman–Crippen LogP) is 3.64. The second kappa shape index (κ2) is 7.88. The van der Waals surface area contributed by atoms with Crippen molar-refractivity contribution in [2.45, 2.75) is 12.1 Å². The maximum atomic E-state index is 13.1. The Morgan fingerprint density at radius 2 is 1.81 bits per heavy atom. The number of imide groups is 1. The molecule has 3 aromatic heterocycles. The van der Waals surface area contributed by atoms with E-state index in [0.29, 0.717) is 16.7 Å². The molecule has 1 fully saturated rings. The topological polar surface area (TPSA) is 110 Å². The van der Waals surface area contributed by atoms with E-state index < -0.39 is 17.5 Å². The zero-order valence-electron chi connectivity index (χ0n) is 19.6. The fourth-order valence-corrected chi connectivity index (χ4v) is 4.85. The molecule has 0 aliphatic carbocycles. The minimum Gasteiger partial charge on any atom is -0.497 e. The van der Waals surface area contributed by atoms with E-state index in [9.17, 15) is 14.7 Å². The third-order valence-corrected chi connectivity index (χ3v) is 6.81. The Morgan fingerprint density at radius 1 is 1.03 bits per heavy atom. The molecule has 0 bridgehead atoms. The monoisotopic (exact) mass is 481 g/mol. The van der Waals surface area contributed by atoms with E-state index in [1.807, 2.05) is 54.2 Å². The Bertz CT molecular complexity index is 1670. The van der Waals surface area contributed by atoms with E-state index in [1.165, 1.54) is 0 Å². The molecular weight excluding hydrogens is 458 g/mol. The average Bonchev–Trinajstić information content (AvgIpc) is 3.51. The number of aromatic nitrogens is 3. The van der Waals surface area contributed by atoms with Gasteiger partial charge >= 0.3 is 6.03 Å². The number of benzene rings is 2. The first kappa shape index (κ1) is 21.7. The Morgan fingerprint density at radius 3 is 2.53 bits per heavy atom. The van der Waals surface area contributed by atoms with Crippen LogP contribution in [0.4, 0.5) is 4.79 Å². The molecule has 0 saturated carbocycles. The fourth-order valence-electron chi connectivity index (χ4n) is 4.85. The van der Waals surface area contributed by atoms with Crippen LogP contribution >= 0.6 is 0 Å². The number of methoxy groups -OCH3 is 1. The number of aromatic hydroxyl groups is 1. The van der Waals surface area contributed by atoms with Crippen molar-refractivity contribution >= 4 is 33.7 Å². The highest BCUT2D eigenvalue weighted by atomic mass is 16.5. The maximum Gasteiger partial charge on any atom is 0.322 e. The van der Waals surface area contributed by atoms with E-state index >= 15 is 0 Å². The van der Waals surface area contributed by atoms with Crippen LogP contribution in [-0.2, 0) is 23.9 Å². The van der Waals surface area contributed by atoms with Gasteiger partial charge in [-0.3, -0.25) is 10.1 Å². The van der Waals surface area contributed by atoms with Crippen LogP contribution in [0.2, 0.25) is 0 Å². The number of carbonyl (C=O) groups is 2. The van der Waals surface area contributed by atoms with Gasteiger partial charge in [-0.25, -0.2) is 9.78 Å². The molecule has 180 valence electrons. The van der Waals surface area contributed by atoms with Crippen LogP contribution in [0, 0.1) is 0 Å². The summed E-state index contributed by atoms with van der Waals surface area (Å²) < 4.78 is 8.79. The molecule has 1 aliphatic rings. The number of rotatable bonds is 5. The summed E-state index contributed by atoms with van der Waals surface area (Å²) in [6.07, 6.45) is 3.71. The van der Waals surface area contributed by atoms with E-state index in [-0.39, 0.29) is 12.4 Å². The lowest BCUT2D eigenvalue weighted by Crippen LogP contribution is -2.47. The van der Waals surface area contributed by atoms with E-state index in [0.717, 1.165) is 27.7 Å². The normalized spacial score (nSPS) is 17.5. The summed E-state index contributed by atoms with van der Waals surface area (Å²) in [6.45, 7) is 0.000306. The van der Waals surface area contributed by atoms with Crippen LogP contribution in [0.15, 0.2) is 73.1 Å². The van der Waals surface area contributed by atoms with Gasteiger partial charge in [0.1, 0.15) is 11.4 Å². The number of amides is 3. The van der Waals surface area contributed by atoms with Crippen LogP contribution < -0.4 is 15.4 Å². The van der Waals surface area contributed by atoms with Crippen molar-refractivity contribution in [3.05, 3.63) is 78.6 Å². The third-order valence-electron chi connectivity index (χ3n) is 6.81. The van der Waals surface area contributed by atoms with Crippen LogP contribution in [0.25, 0.3) is 33.1 Å². The number of hydrogen-bond acceptors (Lipinski definition) is 5. The highest BCUT2D eigenvalue weighted by molar-refractivity contribution is 6.07. The van der Waals surface area contributed by atoms with Crippen LogP contribution in [-0.4, -0.2) is 38.3 Å². The summed E-state index contributed by atoms with van der Waals surface area (Å²) in [6, 6.07) is 18.1. The maximum absolute atomic E-state index is 13.1. The van der Waals surface area contributed by atoms with Crippen LogP contribution in [0.3, 0.4) is 0 Å². The minimum absolute atomic E-state index is 0.000306. The number of nitrogens with one attached hydrogen (secondary N) is 2. The van der Waals surface area contributed by atoms with Gasteiger partial charge in [0.15, 0.2) is 11.4 Å². The summed E-state index contributed by atoms with van der Waals surface area (Å²) in [5, 5.41) is 18.5. The van der Waals surface area contributed by atoms with Crippen molar-refractivity contribution in [2.75, 3.05) is 7.11 Å². The summed E-state index contributed by atoms with van der Waals surface area (Å²) in [7, 11) is 3.50. The summed E-state index contributed by atoms with van der Waals surface area (Å²) in [5.41, 5.74) is 1.74. The quantitative estimate of drug-likeness (QED) is 0.332. The molecule has 1 aliphatic heterocycles. The van der Waals surface area contributed by atoms with Crippen LogP contribution in [0.5, 0.6) is 11.6 Å². The SMILES string of the molecule is COc1ccc2cn(C[C@]3(c4ccc(-c5ccc6ccn(C)c6n5)cc4)NC(=O)NC3=O)c(O)c2c1. The molecule has 2 aromatic carbocycles. The largest absolute Gasteiger partial charge is 0.497 e. The Hall–Kier alpha value is -4.79. The van der Waals surface area contributed by atoms with Gasteiger partial charge in [0.25, 0.3) is 5.91 Å². The number of pyridine rings is 1. The van der Waals surface area contributed by atoms with Crippen molar-refractivity contribution in [3.63, 3.8) is 0 Å². The zero-order valence-corrected chi connectivity index (χ0v) is 19.6. The van der Waals surface area contributed by atoms with Gasteiger partial charge in [0.2, 0.25) is 0 Å². The number of carbonyl (C=O) groups excluding carboxylic acids is 2. The molecule has 1 atom stereocenters. The summed E-state index contributed by atoms with van der Waals surface area (Å²) in [5.74, 6) is 0.0992. The fraction of sp³-hybridized carbons (Fsp3) is 0.148. The highest BCUT2D eigenvalue weighted by Gasteiger charge is 2.48. The van der Waals surface area contributed by atoms with Crippen molar-refractivity contribution in [2.24, 2.45) is 7.05 Å². The number of hydrogen-bond donors (Lipinski definition) is 3. The standard InChI is InChI=1S/C27H23N5O4/c1-31-12-11-17-6-10-22(28-23(17)31)16-3-7-19(8-4-16)27(25(34)29-26(35)30-27)15-32-14-18-5-9-20(36-2)13-21(18)24(32)33/h3-14,33H,15H2,1-2H3,(H2,29,30,34,35)/t27-/m1/s1. The molecular formula is C27H23N5O4. The lowest BCUT2D eigenvalue weighted by Gasteiger charge is -2.27. The number of nitrogens with zero attached hydrogens (tertiary/aromatic N) is 3. The van der Waals surface area contributed by atoms with Crippen molar-refractivity contribution in [3.8, 4) is 22.9 Å². The molecule has 6 rings (SSSR count). The molecule has 0 spiro atoms. The Balaban J connectivity index is 1.40. The van der Waals surface area contributed by atoms with E-state index in [4.69, 9.17) is 9.72 Å². The first-order valence-electron chi connectivity index (χ1n) is 11.4. The molecule has 4 heterocycles. The first-order valence-corrected chi connectivity index (χ1v) is 11.4. The third kappa shape index (κ3) is 3.28. The Kier molecular flexibility index (Phi) is 4.75. The van der Waals surface area contributed by atoms with Crippen molar-refractivity contribution < 1.29 is 19.4 Å². The molecule has 1 saturated heterocycles. The van der Waals surface area contributed by atoms with Gasteiger partial charge in [-0.1, -0.05) is 24.3 Å². The molecule has 9 heteroatoms. The molecule has 5 aromatic rings. The van der Waals surface area contributed by atoms with Gasteiger partial charge in [0.05, 0.1) is 19.3 Å². The first-order chi connectivity index (χ1) is 17.4. The second-order valence-electron chi connectivity index (χ2n) is 8.96. The zero-order chi connectivity index (χ0) is 25.0.